The van der Waals surface area contributed by atoms with Crippen molar-refractivity contribution in [3.63, 3.8) is 0 Å². The zero-order chi connectivity index (χ0) is 16.3. The third-order valence-corrected chi connectivity index (χ3v) is 3.10. The van der Waals surface area contributed by atoms with E-state index >= 15 is 0 Å². The van der Waals surface area contributed by atoms with E-state index < -0.39 is 11.7 Å². The van der Waals surface area contributed by atoms with Crippen LogP contribution in [-0.4, -0.2) is 28.1 Å². The Morgan fingerprint density at radius 3 is 2.65 bits per heavy atom. The number of ether oxygens (including phenoxy) is 1. The maximum absolute atomic E-state index is 12.4. The average Bonchev–Trinajstić information content (AvgIpc) is 2.94. The van der Waals surface area contributed by atoms with Crippen LogP contribution in [0.25, 0.3) is 11.0 Å². The number of rotatable bonds is 5. The summed E-state index contributed by atoms with van der Waals surface area (Å²) in [6.07, 6.45) is -3.64. The van der Waals surface area contributed by atoms with E-state index in [1.54, 1.807) is 0 Å². The van der Waals surface area contributed by atoms with Crippen LogP contribution in [0.5, 0.6) is 5.88 Å². The average molecular weight is 322 g/mol. The molecule has 0 spiro atoms. The number of H-pyrrole nitrogens is 1. The lowest BCUT2D eigenvalue weighted by atomic mass is 10.3. The molecule has 2 aromatic heterocycles. The number of para-hydroxylation sites is 2. The minimum Gasteiger partial charge on any atom is -0.476 e. The van der Waals surface area contributed by atoms with E-state index in [2.05, 4.69) is 20.3 Å². The first-order valence-corrected chi connectivity index (χ1v) is 6.87. The van der Waals surface area contributed by atoms with Crippen molar-refractivity contribution in [2.75, 3.05) is 18.5 Å². The highest BCUT2D eigenvalue weighted by molar-refractivity contribution is 5.77. The van der Waals surface area contributed by atoms with E-state index in [0.29, 0.717) is 12.5 Å². The number of halogens is 3. The van der Waals surface area contributed by atoms with Gasteiger partial charge in [0.05, 0.1) is 23.1 Å². The number of pyridine rings is 1. The maximum atomic E-state index is 12.4. The van der Waals surface area contributed by atoms with Gasteiger partial charge in [-0.25, -0.2) is 9.97 Å². The Hall–Kier alpha value is -2.77. The van der Waals surface area contributed by atoms with Crippen molar-refractivity contribution in [1.29, 1.82) is 0 Å². The minimum absolute atomic E-state index is 0.143. The number of nitrogens with zero attached hydrogens (tertiary/aromatic N) is 2. The van der Waals surface area contributed by atoms with Gasteiger partial charge in [-0.3, -0.25) is 0 Å². The lowest BCUT2D eigenvalue weighted by Crippen LogP contribution is -2.13. The molecule has 8 heteroatoms. The van der Waals surface area contributed by atoms with E-state index in [9.17, 15) is 13.2 Å². The Kier molecular flexibility index (Phi) is 4.05. The first-order chi connectivity index (χ1) is 11.0. The number of aromatic nitrogens is 3. The normalized spacial score (nSPS) is 11.6. The van der Waals surface area contributed by atoms with Crippen LogP contribution in [-0.2, 0) is 6.18 Å². The van der Waals surface area contributed by atoms with Crippen molar-refractivity contribution in [2.24, 2.45) is 0 Å². The van der Waals surface area contributed by atoms with Gasteiger partial charge in [-0.2, -0.15) is 13.2 Å². The summed E-state index contributed by atoms with van der Waals surface area (Å²) in [5, 5.41) is 3.04. The Morgan fingerprint density at radius 1 is 1.13 bits per heavy atom. The molecule has 3 aromatic rings. The molecule has 0 radical (unpaired) electrons. The van der Waals surface area contributed by atoms with Crippen molar-refractivity contribution in [1.82, 2.24) is 15.0 Å². The number of nitrogens with one attached hydrogen (secondary N) is 2. The van der Waals surface area contributed by atoms with Gasteiger partial charge in [0.1, 0.15) is 6.61 Å². The van der Waals surface area contributed by atoms with E-state index in [1.807, 2.05) is 24.3 Å². The molecular formula is C15H13F3N4O. The van der Waals surface area contributed by atoms with Gasteiger partial charge in [-0.05, 0) is 18.2 Å². The Balaban J connectivity index is 1.49. The predicted molar refractivity (Wildman–Crippen MR) is 79.3 cm³/mol. The molecule has 0 fully saturated rings. The molecule has 0 atom stereocenters. The maximum Gasteiger partial charge on any atom is 0.417 e. The van der Waals surface area contributed by atoms with Crippen molar-refractivity contribution in [3.8, 4) is 5.88 Å². The molecule has 23 heavy (non-hydrogen) atoms. The predicted octanol–water partition coefficient (Wildman–Crippen LogP) is 3.47. The molecule has 0 unspecified atom stereocenters. The van der Waals surface area contributed by atoms with E-state index in [1.165, 1.54) is 6.07 Å². The second-order valence-electron chi connectivity index (χ2n) is 4.76. The lowest BCUT2D eigenvalue weighted by Gasteiger charge is -2.08. The van der Waals surface area contributed by atoms with E-state index in [0.717, 1.165) is 23.3 Å². The molecule has 0 aliphatic rings. The number of hydrogen-bond donors (Lipinski definition) is 2. The highest BCUT2D eigenvalue weighted by atomic mass is 19.4. The Morgan fingerprint density at radius 2 is 1.96 bits per heavy atom. The van der Waals surface area contributed by atoms with Gasteiger partial charge in [0.25, 0.3) is 0 Å². The standard InChI is InChI=1S/C15H13F3N4O/c16-15(17,18)10-5-6-13(20-9-10)23-8-7-19-14-21-11-3-1-2-4-12(11)22-14/h1-6,9H,7-8H2,(H2,19,21,22). The quantitative estimate of drug-likeness (QED) is 0.706. The van der Waals surface area contributed by atoms with Gasteiger partial charge in [-0.15, -0.1) is 0 Å². The van der Waals surface area contributed by atoms with Crippen LogP contribution in [0.1, 0.15) is 5.56 Å². The van der Waals surface area contributed by atoms with Crippen molar-refractivity contribution in [2.45, 2.75) is 6.18 Å². The van der Waals surface area contributed by atoms with Crippen molar-refractivity contribution >= 4 is 17.0 Å². The van der Waals surface area contributed by atoms with Gasteiger partial charge < -0.3 is 15.0 Å². The molecular weight excluding hydrogens is 309 g/mol. The summed E-state index contributed by atoms with van der Waals surface area (Å²) in [6.45, 7) is 0.679. The van der Waals surface area contributed by atoms with Gasteiger partial charge in [0.15, 0.2) is 0 Å². The fourth-order valence-corrected chi connectivity index (χ4v) is 1.99. The molecule has 3 rings (SSSR count). The molecule has 0 saturated heterocycles. The highest BCUT2D eigenvalue weighted by Crippen LogP contribution is 2.29. The van der Waals surface area contributed by atoms with Gasteiger partial charge >= 0.3 is 6.18 Å². The highest BCUT2D eigenvalue weighted by Gasteiger charge is 2.30. The molecule has 0 aliphatic heterocycles. The van der Waals surface area contributed by atoms with Crippen LogP contribution in [0.15, 0.2) is 42.6 Å². The number of anilines is 1. The monoisotopic (exact) mass is 322 g/mol. The lowest BCUT2D eigenvalue weighted by molar-refractivity contribution is -0.137. The molecule has 2 N–H and O–H groups in total. The molecule has 0 bridgehead atoms. The van der Waals surface area contributed by atoms with Gasteiger partial charge in [0, 0.05) is 12.3 Å². The van der Waals surface area contributed by atoms with Crippen LogP contribution in [0.2, 0.25) is 0 Å². The SMILES string of the molecule is FC(F)(F)c1ccc(OCCNc2nc3ccccc3[nH]2)nc1. The fraction of sp³-hybridized carbons (Fsp3) is 0.200. The number of alkyl halides is 3. The summed E-state index contributed by atoms with van der Waals surface area (Å²) in [7, 11) is 0. The van der Waals surface area contributed by atoms with Crippen LogP contribution in [0.3, 0.4) is 0 Å². The minimum atomic E-state index is -4.39. The van der Waals surface area contributed by atoms with Gasteiger partial charge in [-0.1, -0.05) is 12.1 Å². The number of benzene rings is 1. The second kappa shape index (κ2) is 6.15. The number of fused-ring (bicyclic) bond motifs is 1. The summed E-state index contributed by atoms with van der Waals surface area (Å²) >= 11 is 0. The molecule has 5 nitrogen and oxygen atoms in total. The van der Waals surface area contributed by atoms with Crippen LogP contribution in [0.4, 0.5) is 19.1 Å². The molecule has 1 aromatic carbocycles. The van der Waals surface area contributed by atoms with Crippen LogP contribution in [0, 0.1) is 0 Å². The summed E-state index contributed by atoms with van der Waals surface area (Å²) in [5.74, 6) is 0.750. The molecule has 120 valence electrons. The van der Waals surface area contributed by atoms with E-state index in [4.69, 9.17) is 4.74 Å². The zero-order valence-electron chi connectivity index (χ0n) is 11.9. The van der Waals surface area contributed by atoms with Crippen molar-refractivity contribution < 1.29 is 17.9 Å². The van der Waals surface area contributed by atoms with E-state index in [-0.39, 0.29) is 12.5 Å². The van der Waals surface area contributed by atoms with Gasteiger partial charge in [0.2, 0.25) is 11.8 Å². The number of hydrogen-bond acceptors (Lipinski definition) is 4. The Bertz CT molecular complexity index is 750. The third-order valence-electron chi connectivity index (χ3n) is 3.10. The Labute approximate surface area is 129 Å². The second-order valence-corrected chi connectivity index (χ2v) is 4.76. The van der Waals surface area contributed by atoms with Crippen LogP contribution < -0.4 is 10.1 Å². The zero-order valence-corrected chi connectivity index (χ0v) is 11.9. The summed E-state index contributed by atoms with van der Waals surface area (Å²) in [4.78, 5) is 11.1. The first kappa shape index (κ1) is 15.1. The summed E-state index contributed by atoms with van der Waals surface area (Å²) < 4.78 is 42.5. The largest absolute Gasteiger partial charge is 0.476 e. The fourth-order valence-electron chi connectivity index (χ4n) is 1.99. The molecule has 0 aliphatic carbocycles. The molecule has 2 heterocycles. The van der Waals surface area contributed by atoms with Crippen molar-refractivity contribution in [3.05, 3.63) is 48.2 Å². The smallest absolute Gasteiger partial charge is 0.417 e. The summed E-state index contributed by atoms with van der Waals surface area (Å²) in [6, 6.07) is 9.74. The number of imidazole rings is 1. The molecule has 0 saturated carbocycles. The molecule has 0 amide bonds. The first-order valence-electron chi connectivity index (χ1n) is 6.87. The summed E-state index contributed by atoms with van der Waals surface area (Å²) in [5.41, 5.74) is 0.964. The number of aromatic amines is 1. The third kappa shape index (κ3) is 3.71. The topological polar surface area (TPSA) is 62.8 Å². The van der Waals surface area contributed by atoms with Crippen LogP contribution >= 0.6 is 0 Å².